The molecule has 1 aliphatic rings. The highest BCUT2D eigenvalue weighted by atomic mass is 32.2. The Kier molecular flexibility index (Phi) is 5.90. The van der Waals surface area contributed by atoms with Crippen LogP contribution in [0.3, 0.4) is 0 Å². The van der Waals surface area contributed by atoms with Gasteiger partial charge in [0.1, 0.15) is 0 Å². The third-order valence-corrected chi connectivity index (χ3v) is 2.08. The highest BCUT2D eigenvalue weighted by Crippen LogP contribution is 2.17. The van der Waals surface area contributed by atoms with Gasteiger partial charge in [-0.25, -0.2) is 17.9 Å². The van der Waals surface area contributed by atoms with Crippen LogP contribution in [0.15, 0.2) is 0 Å². The minimum absolute atomic E-state index is 0.253. The van der Waals surface area contributed by atoms with E-state index in [1.165, 1.54) is 6.42 Å². The summed E-state index contributed by atoms with van der Waals surface area (Å²) < 4.78 is 20.7. The van der Waals surface area contributed by atoms with Crippen molar-refractivity contribution < 1.29 is 13.5 Å². The summed E-state index contributed by atoms with van der Waals surface area (Å²) in [4.78, 5) is 0. The van der Waals surface area contributed by atoms with Crippen LogP contribution in [0, 0.1) is 0 Å². The molecule has 80 valence electrons. The lowest BCUT2D eigenvalue weighted by Crippen LogP contribution is -2.23. The first-order chi connectivity index (χ1) is 5.84. The van der Waals surface area contributed by atoms with Crippen LogP contribution in [0.5, 0.6) is 0 Å². The van der Waals surface area contributed by atoms with Gasteiger partial charge < -0.3 is 5.11 Å². The standard InChI is InChI=1S/C5H11NOS.CH5NO2S/c7-4-5-2-1-3-6(5)8;1-5(2,3)4/h5,7-8H,1-4H2;1H3,(H2,2,3,4)/t5-;/m1./s1. The first-order valence-corrected chi connectivity index (χ1v) is 6.24. The lowest BCUT2D eigenvalue weighted by atomic mass is 10.2. The molecule has 0 aliphatic carbocycles. The summed E-state index contributed by atoms with van der Waals surface area (Å²) in [5, 5.41) is 13.0. The molecule has 1 aliphatic heterocycles. The topological polar surface area (TPSA) is 83.6 Å². The number of hydrogen-bond donors (Lipinski definition) is 3. The van der Waals surface area contributed by atoms with E-state index in [0.717, 1.165) is 19.2 Å². The quantitative estimate of drug-likeness (QED) is 0.513. The van der Waals surface area contributed by atoms with Crippen LogP contribution in [0.4, 0.5) is 0 Å². The van der Waals surface area contributed by atoms with E-state index in [-0.39, 0.29) is 6.61 Å². The minimum Gasteiger partial charge on any atom is -0.395 e. The molecule has 1 rings (SSSR count). The summed E-state index contributed by atoms with van der Waals surface area (Å²) in [7, 11) is -3.17. The fourth-order valence-electron chi connectivity index (χ4n) is 1.01. The Morgan fingerprint density at radius 3 is 2.31 bits per heavy atom. The predicted octanol–water partition coefficient (Wildman–Crippen LogP) is -0.807. The summed E-state index contributed by atoms with van der Waals surface area (Å²) in [5.74, 6) is 0. The van der Waals surface area contributed by atoms with E-state index >= 15 is 0 Å². The Hall–Kier alpha value is 0.180. The number of sulfonamides is 1. The van der Waals surface area contributed by atoms with Gasteiger partial charge in [-0.2, -0.15) is 0 Å². The molecule has 5 nitrogen and oxygen atoms in total. The van der Waals surface area contributed by atoms with Gasteiger partial charge in [-0.15, -0.1) is 0 Å². The van der Waals surface area contributed by atoms with Crippen molar-refractivity contribution >= 4 is 22.8 Å². The number of primary sulfonamides is 1. The van der Waals surface area contributed by atoms with Gasteiger partial charge in [-0.3, -0.25) is 0 Å². The first-order valence-electron chi connectivity index (χ1n) is 3.88. The number of thiol groups is 1. The highest BCUT2D eigenvalue weighted by molar-refractivity contribution is 7.88. The molecule has 3 N–H and O–H groups in total. The van der Waals surface area contributed by atoms with Crippen LogP contribution in [-0.2, 0) is 10.0 Å². The van der Waals surface area contributed by atoms with Crippen molar-refractivity contribution in [3.8, 4) is 0 Å². The summed E-state index contributed by atoms with van der Waals surface area (Å²) in [6.07, 6.45) is 3.21. The lowest BCUT2D eigenvalue weighted by molar-refractivity contribution is 0.222. The minimum atomic E-state index is -3.17. The zero-order valence-corrected chi connectivity index (χ0v) is 9.26. The summed E-state index contributed by atoms with van der Waals surface area (Å²) in [6, 6.07) is 0.318. The van der Waals surface area contributed by atoms with Crippen molar-refractivity contribution in [2.45, 2.75) is 18.9 Å². The Bertz CT molecular complexity index is 222. The van der Waals surface area contributed by atoms with Gasteiger partial charge in [0.2, 0.25) is 10.0 Å². The number of aliphatic hydroxyl groups excluding tert-OH is 1. The summed E-state index contributed by atoms with van der Waals surface area (Å²) >= 11 is 4.14. The number of rotatable bonds is 1. The average molecular weight is 228 g/mol. The largest absolute Gasteiger partial charge is 0.395 e. The van der Waals surface area contributed by atoms with E-state index in [1.807, 2.05) is 4.31 Å². The molecule has 0 aromatic rings. The molecule has 0 aromatic heterocycles. The van der Waals surface area contributed by atoms with Gasteiger partial charge in [-0.05, 0) is 12.8 Å². The van der Waals surface area contributed by atoms with Crippen molar-refractivity contribution in [3.05, 3.63) is 0 Å². The Balaban J connectivity index is 0.000000252. The summed E-state index contributed by atoms with van der Waals surface area (Å²) in [6.45, 7) is 1.28. The molecule has 0 aromatic carbocycles. The number of aliphatic hydroxyl groups is 1. The molecule has 0 spiro atoms. The maximum atomic E-state index is 9.41. The molecule has 1 atom stereocenters. The molecule has 1 saturated heterocycles. The van der Waals surface area contributed by atoms with Crippen LogP contribution >= 0.6 is 12.8 Å². The average Bonchev–Trinajstić information content (AvgIpc) is 2.31. The SMILES string of the molecule is CS(N)(=O)=O.OC[C@H]1CCCN1S. The molecular formula is C6H16N2O3S2. The van der Waals surface area contributed by atoms with E-state index in [1.54, 1.807) is 0 Å². The van der Waals surface area contributed by atoms with Crippen LogP contribution in [0.2, 0.25) is 0 Å². The predicted molar refractivity (Wildman–Crippen MR) is 54.8 cm³/mol. The lowest BCUT2D eigenvalue weighted by Gasteiger charge is -2.13. The second-order valence-corrected chi connectivity index (χ2v) is 5.14. The second-order valence-electron chi connectivity index (χ2n) is 2.97. The third-order valence-electron chi connectivity index (χ3n) is 1.56. The third kappa shape index (κ3) is 8.51. The number of nitrogens with two attached hydrogens (primary N) is 1. The van der Waals surface area contributed by atoms with Crippen molar-refractivity contribution in [2.24, 2.45) is 5.14 Å². The first kappa shape index (κ1) is 13.2. The zero-order valence-electron chi connectivity index (χ0n) is 7.55. The smallest absolute Gasteiger partial charge is 0.206 e. The Morgan fingerprint density at radius 2 is 2.15 bits per heavy atom. The van der Waals surface area contributed by atoms with E-state index in [2.05, 4.69) is 18.0 Å². The molecule has 1 heterocycles. The van der Waals surface area contributed by atoms with E-state index in [0.29, 0.717) is 6.04 Å². The van der Waals surface area contributed by atoms with Crippen molar-refractivity contribution in [2.75, 3.05) is 19.4 Å². The van der Waals surface area contributed by atoms with Crippen LogP contribution in [0.25, 0.3) is 0 Å². The molecular weight excluding hydrogens is 212 g/mol. The molecule has 0 amide bonds. The maximum Gasteiger partial charge on any atom is 0.206 e. The molecule has 1 fully saturated rings. The molecule has 13 heavy (non-hydrogen) atoms. The van der Waals surface area contributed by atoms with Crippen molar-refractivity contribution in [1.82, 2.24) is 4.31 Å². The van der Waals surface area contributed by atoms with E-state index in [4.69, 9.17) is 5.11 Å². The summed E-state index contributed by atoms with van der Waals surface area (Å²) in [5.41, 5.74) is 0. The van der Waals surface area contributed by atoms with Crippen LogP contribution in [0.1, 0.15) is 12.8 Å². The maximum absolute atomic E-state index is 9.41. The van der Waals surface area contributed by atoms with Gasteiger partial charge in [0, 0.05) is 12.6 Å². The van der Waals surface area contributed by atoms with Gasteiger partial charge in [0.25, 0.3) is 0 Å². The molecule has 0 unspecified atom stereocenters. The van der Waals surface area contributed by atoms with Gasteiger partial charge >= 0.3 is 0 Å². The molecule has 0 saturated carbocycles. The Morgan fingerprint density at radius 1 is 1.69 bits per heavy atom. The highest BCUT2D eigenvalue weighted by Gasteiger charge is 2.19. The van der Waals surface area contributed by atoms with Gasteiger partial charge in [0.15, 0.2) is 0 Å². The van der Waals surface area contributed by atoms with Crippen molar-refractivity contribution in [1.29, 1.82) is 0 Å². The monoisotopic (exact) mass is 228 g/mol. The second kappa shape index (κ2) is 5.82. The van der Waals surface area contributed by atoms with Gasteiger partial charge in [-0.1, -0.05) is 12.8 Å². The normalized spacial score (nSPS) is 23.8. The zero-order chi connectivity index (χ0) is 10.5. The molecule has 0 radical (unpaired) electrons. The van der Waals surface area contributed by atoms with Crippen molar-refractivity contribution in [3.63, 3.8) is 0 Å². The Labute approximate surface area is 84.5 Å². The number of nitrogens with zero attached hydrogens (tertiary/aromatic N) is 1. The number of hydrogen-bond acceptors (Lipinski definition) is 5. The van der Waals surface area contributed by atoms with Gasteiger partial charge in [0.05, 0.1) is 12.9 Å². The fourth-order valence-corrected chi connectivity index (χ4v) is 1.34. The molecule has 0 bridgehead atoms. The van der Waals surface area contributed by atoms with E-state index < -0.39 is 10.0 Å². The molecule has 7 heteroatoms. The van der Waals surface area contributed by atoms with Crippen LogP contribution < -0.4 is 5.14 Å². The van der Waals surface area contributed by atoms with Crippen LogP contribution in [-0.4, -0.2) is 43.3 Å². The fraction of sp³-hybridized carbons (Fsp3) is 1.00. The van der Waals surface area contributed by atoms with E-state index in [9.17, 15) is 8.42 Å².